The predicted octanol–water partition coefficient (Wildman–Crippen LogP) is 5.13. The molecule has 0 radical (unpaired) electrons. The number of carbonyl (C=O) groups is 1. The van der Waals surface area contributed by atoms with Gasteiger partial charge >= 0.3 is 5.97 Å². The molecule has 3 nitrogen and oxygen atoms in total. The molecule has 2 aliphatic carbocycles. The number of hydrogen-bond donors (Lipinski definition) is 1. The van der Waals surface area contributed by atoms with Gasteiger partial charge in [-0.3, -0.25) is 4.79 Å². The molecule has 0 heterocycles. The minimum atomic E-state index is -0.577. The molecular weight excluding hydrogens is 312 g/mol. The van der Waals surface area contributed by atoms with E-state index in [-0.39, 0.29) is 18.5 Å². The van der Waals surface area contributed by atoms with Gasteiger partial charge in [-0.1, -0.05) is 46.3 Å². The molecule has 5 atom stereocenters. The van der Waals surface area contributed by atoms with Crippen LogP contribution in [0.25, 0.3) is 0 Å². The summed E-state index contributed by atoms with van der Waals surface area (Å²) in [5.74, 6) is 1.12. The summed E-state index contributed by atoms with van der Waals surface area (Å²) in [6.45, 7) is 15.4. The minimum Gasteiger partial charge on any atom is -0.463 e. The lowest BCUT2D eigenvalue weighted by Crippen LogP contribution is -2.49. The number of hydrogen-bond acceptors (Lipinski definition) is 3. The zero-order chi connectivity index (χ0) is 18.8. The van der Waals surface area contributed by atoms with Gasteiger partial charge in [-0.25, -0.2) is 0 Å². The highest BCUT2D eigenvalue weighted by Crippen LogP contribution is 2.61. The Hall–Kier alpha value is -0.830. The fourth-order valence-corrected chi connectivity index (χ4v) is 5.80. The molecule has 0 spiro atoms. The molecule has 2 aliphatic rings. The Labute approximate surface area is 154 Å². The average Bonchev–Trinajstić information content (AvgIpc) is 2.50. The summed E-state index contributed by atoms with van der Waals surface area (Å²) in [5, 5.41) is 10.2. The highest BCUT2D eigenvalue weighted by Gasteiger charge is 2.52. The lowest BCUT2D eigenvalue weighted by molar-refractivity contribution is -0.144. The van der Waals surface area contributed by atoms with E-state index in [0.29, 0.717) is 16.7 Å². The molecule has 2 saturated carbocycles. The van der Waals surface area contributed by atoms with Gasteiger partial charge in [-0.05, 0) is 67.1 Å². The molecule has 0 amide bonds. The van der Waals surface area contributed by atoms with Crippen LogP contribution >= 0.6 is 0 Å². The molecule has 1 N–H and O–H groups in total. The number of rotatable bonds is 6. The summed E-state index contributed by atoms with van der Waals surface area (Å²) in [5.41, 5.74) is 2.18. The Morgan fingerprint density at radius 2 is 2.04 bits per heavy atom. The normalized spacial score (nSPS) is 34.1. The third-order valence-electron chi connectivity index (χ3n) is 7.34. The summed E-state index contributed by atoms with van der Waals surface area (Å²) >= 11 is 0. The Bertz CT molecular complexity index is 496. The molecule has 3 heteroatoms. The summed E-state index contributed by atoms with van der Waals surface area (Å²) in [4.78, 5) is 10.9. The van der Waals surface area contributed by atoms with E-state index in [0.717, 1.165) is 25.2 Å². The Kier molecular flexibility index (Phi) is 6.40. The summed E-state index contributed by atoms with van der Waals surface area (Å²) in [6.07, 6.45) is 7.84. The van der Waals surface area contributed by atoms with Crippen molar-refractivity contribution in [2.24, 2.45) is 28.6 Å². The molecular formula is C22H38O3. The second-order valence-electron chi connectivity index (χ2n) is 9.57. The number of ether oxygens (including phenoxy) is 1. The smallest absolute Gasteiger partial charge is 0.302 e. The van der Waals surface area contributed by atoms with Crippen molar-refractivity contribution < 1.29 is 14.6 Å². The average molecular weight is 351 g/mol. The molecule has 0 aromatic rings. The van der Waals surface area contributed by atoms with Crippen LogP contribution in [0, 0.1) is 28.6 Å². The van der Waals surface area contributed by atoms with Crippen LogP contribution < -0.4 is 0 Å². The van der Waals surface area contributed by atoms with E-state index >= 15 is 0 Å². The van der Waals surface area contributed by atoms with Gasteiger partial charge in [0.2, 0.25) is 0 Å². The first-order valence-corrected chi connectivity index (χ1v) is 10.1. The van der Waals surface area contributed by atoms with Gasteiger partial charge in [0, 0.05) is 6.92 Å². The van der Waals surface area contributed by atoms with E-state index in [1.807, 2.05) is 0 Å². The van der Waals surface area contributed by atoms with E-state index in [1.54, 1.807) is 0 Å². The number of aliphatic hydroxyl groups is 1. The van der Waals surface area contributed by atoms with Crippen LogP contribution in [0.15, 0.2) is 12.2 Å². The van der Waals surface area contributed by atoms with Crippen LogP contribution in [-0.4, -0.2) is 23.8 Å². The Morgan fingerprint density at radius 3 is 2.68 bits per heavy atom. The first-order valence-electron chi connectivity index (χ1n) is 10.1. The van der Waals surface area contributed by atoms with Crippen LogP contribution in [-0.2, 0) is 9.53 Å². The minimum absolute atomic E-state index is 0.106. The first-order chi connectivity index (χ1) is 11.6. The zero-order valence-corrected chi connectivity index (χ0v) is 16.9. The molecule has 0 aromatic heterocycles. The van der Waals surface area contributed by atoms with Crippen molar-refractivity contribution in [2.45, 2.75) is 85.7 Å². The maximum atomic E-state index is 10.9. The zero-order valence-electron chi connectivity index (χ0n) is 16.9. The summed E-state index contributed by atoms with van der Waals surface area (Å²) in [6, 6.07) is 0. The standard InChI is InChI=1S/C22H38O3/c1-15-9-11-20-21(4,5)12-7-13-22(20,6)18(15)10-8-16(2)19(24)14-25-17(3)23/h16,18-20,24H,1,7-14H2,2-6H3/t16-,18-,19-,20-,22+/m0/s1. The second-order valence-corrected chi connectivity index (χ2v) is 9.57. The largest absolute Gasteiger partial charge is 0.463 e. The maximum Gasteiger partial charge on any atom is 0.302 e. The number of fused-ring (bicyclic) bond motifs is 1. The maximum absolute atomic E-state index is 10.9. The van der Waals surface area contributed by atoms with Crippen LogP contribution in [0.5, 0.6) is 0 Å². The van der Waals surface area contributed by atoms with Gasteiger partial charge < -0.3 is 9.84 Å². The molecule has 25 heavy (non-hydrogen) atoms. The van der Waals surface area contributed by atoms with E-state index in [2.05, 4.69) is 34.3 Å². The number of aliphatic hydroxyl groups excluding tert-OH is 1. The van der Waals surface area contributed by atoms with E-state index < -0.39 is 6.10 Å². The number of carbonyl (C=O) groups excluding carboxylic acids is 1. The predicted molar refractivity (Wildman–Crippen MR) is 102 cm³/mol. The fourth-order valence-electron chi connectivity index (χ4n) is 5.80. The van der Waals surface area contributed by atoms with Crippen LogP contribution in [0.4, 0.5) is 0 Å². The van der Waals surface area contributed by atoms with Crippen molar-refractivity contribution in [3.8, 4) is 0 Å². The van der Waals surface area contributed by atoms with Gasteiger partial charge in [0.1, 0.15) is 6.61 Å². The molecule has 2 rings (SSSR count). The molecule has 0 aliphatic heterocycles. The van der Waals surface area contributed by atoms with Crippen molar-refractivity contribution in [1.29, 1.82) is 0 Å². The summed E-state index contributed by atoms with van der Waals surface area (Å²) < 4.78 is 4.96. The lowest BCUT2D eigenvalue weighted by atomic mass is 9.47. The van der Waals surface area contributed by atoms with Crippen LogP contribution in [0.3, 0.4) is 0 Å². The molecule has 0 saturated heterocycles. The highest BCUT2D eigenvalue weighted by atomic mass is 16.5. The van der Waals surface area contributed by atoms with Gasteiger partial charge in [0.15, 0.2) is 0 Å². The van der Waals surface area contributed by atoms with Crippen LogP contribution in [0.2, 0.25) is 0 Å². The highest BCUT2D eigenvalue weighted by molar-refractivity contribution is 5.65. The number of esters is 1. The van der Waals surface area contributed by atoms with E-state index in [9.17, 15) is 9.90 Å². The Balaban J connectivity index is 2.01. The molecule has 2 fully saturated rings. The summed E-state index contributed by atoms with van der Waals surface area (Å²) in [7, 11) is 0. The third kappa shape index (κ3) is 4.48. The van der Waals surface area contributed by atoms with Gasteiger partial charge in [0.05, 0.1) is 6.10 Å². The topological polar surface area (TPSA) is 46.5 Å². The molecule has 144 valence electrons. The fraction of sp³-hybridized carbons (Fsp3) is 0.864. The van der Waals surface area contributed by atoms with Crippen LogP contribution in [0.1, 0.15) is 79.6 Å². The lowest BCUT2D eigenvalue weighted by Gasteiger charge is -2.58. The van der Waals surface area contributed by atoms with Gasteiger partial charge in [0.25, 0.3) is 0 Å². The van der Waals surface area contributed by atoms with E-state index in [1.165, 1.54) is 38.2 Å². The van der Waals surface area contributed by atoms with E-state index in [4.69, 9.17) is 4.74 Å². The van der Waals surface area contributed by atoms with Gasteiger partial charge in [-0.15, -0.1) is 0 Å². The molecule has 0 unspecified atom stereocenters. The second kappa shape index (κ2) is 7.82. The SMILES string of the molecule is C=C1CC[C@H]2C(C)(C)CCC[C@]2(C)[C@H]1CC[C@H](C)[C@@H](O)COC(C)=O. The van der Waals surface area contributed by atoms with Crippen molar-refractivity contribution in [2.75, 3.05) is 6.61 Å². The van der Waals surface area contributed by atoms with Crippen molar-refractivity contribution in [1.82, 2.24) is 0 Å². The first kappa shape index (κ1) is 20.5. The van der Waals surface area contributed by atoms with Crippen molar-refractivity contribution in [3.05, 3.63) is 12.2 Å². The van der Waals surface area contributed by atoms with Crippen molar-refractivity contribution >= 4 is 5.97 Å². The van der Waals surface area contributed by atoms with Gasteiger partial charge in [-0.2, -0.15) is 0 Å². The quantitative estimate of drug-likeness (QED) is 0.534. The van der Waals surface area contributed by atoms with Crippen molar-refractivity contribution in [3.63, 3.8) is 0 Å². The Morgan fingerprint density at radius 1 is 1.36 bits per heavy atom. The number of allylic oxidation sites excluding steroid dienone is 1. The monoisotopic (exact) mass is 350 g/mol. The third-order valence-corrected chi connectivity index (χ3v) is 7.34. The molecule has 0 bridgehead atoms. The molecule has 0 aromatic carbocycles.